The zero-order chi connectivity index (χ0) is 19.1. The first-order valence-electron chi connectivity index (χ1n) is 9.98. The summed E-state index contributed by atoms with van der Waals surface area (Å²) in [5.74, 6) is -0.151. The van der Waals surface area contributed by atoms with Crippen molar-refractivity contribution in [2.45, 2.75) is 68.9 Å². The van der Waals surface area contributed by atoms with Gasteiger partial charge in [0.2, 0.25) is 10.0 Å². The Balaban J connectivity index is 1.34. The molecule has 1 atom stereocenters. The van der Waals surface area contributed by atoms with Gasteiger partial charge in [0.25, 0.3) is 0 Å². The molecule has 0 aromatic heterocycles. The maximum Gasteiger partial charge on any atom is 0.214 e. The lowest BCUT2D eigenvalue weighted by atomic mass is 9.82. The second kappa shape index (κ2) is 7.43. The number of likely N-dealkylation sites (tertiary alicyclic amines) is 1. The molecule has 0 bridgehead atoms. The van der Waals surface area contributed by atoms with Crippen molar-refractivity contribution >= 4 is 10.0 Å². The molecule has 150 valence electrons. The van der Waals surface area contributed by atoms with E-state index in [1.54, 1.807) is 6.07 Å². The smallest absolute Gasteiger partial charge is 0.214 e. The lowest BCUT2D eigenvalue weighted by Gasteiger charge is -2.46. The van der Waals surface area contributed by atoms with Gasteiger partial charge in [-0.3, -0.25) is 4.90 Å². The van der Waals surface area contributed by atoms with Gasteiger partial charge in [0.15, 0.2) is 0 Å². The highest BCUT2D eigenvalue weighted by Gasteiger charge is 2.43. The highest BCUT2D eigenvalue weighted by atomic mass is 32.2. The van der Waals surface area contributed by atoms with Crippen LogP contribution in [0, 0.1) is 12.7 Å². The molecule has 0 radical (unpaired) electrons. The number of nitrogens with one attached hydrogen (secondary N) is 1. The van der Waals surface area contributed by atoms with Crippen molar-refractivity contribution in [2.75, 3.05) is 19.7 Å². The van der Waals surface area contributed by atoms with Crippen molar-refractivity contribution in [3.63, 3.8) is 0 Å². The molecule has 1 aromatic carbocycles. The standard InChI is InChI=1S/C20H29FN2O3S/c1-15-16(3-2-4-19(15)21)14-23-10-8-20(9-11-23)13-17(7-12-26-20)22-27(24,25)18-5-6-18/h2-4,17-18,22H,5-14H2,1H3/t17-/m0/s1. The molecule has 3 aliphatic rings. The van der Waals surface area contributed by atoms with Gasteiger partial charge in [0.1, 0.15) is 5.82 Å². The third-order valence-corrected chi connectivity index (χ3v) is 8.34. The van der Waals surface area contributed by atoms with Gasteiger partial charge in [-0.05, 0) is 62.6 Å². The first kappa shape index (κ1) is 19.3. The van der Waals surface area contributed by atoms with Crippen LogP contribution in [0.5, 0.6) is 0 Å². The summed E-state index contributed by atoms with van der Waals surface area (Å²) in [6, 6.07) is 5.25. The summed E-state index contributed by atoms with van der Waals surface area (Å²) in [5, 5.41) is -0.173. The number of hydrogen-bond donors (Lipinski definition) is 1. The van der Waals surface area contributed by atoms with Crippen LogP contribution < -0.4 is 4.72 Å². The van der Waals surface area contributed by atoms with E-state index in [1.807, 2.05) is 13.0 Å². The van der Waals surface area contributed by atoms with Crippen molar-refractivity contribution in [1.82, 2.24) is 9.62 Å². The van der Waals surface area contributed by atoms with E-state index in [0.717, 1.165) is 69.3 Å². The van der Waals surface area contributed by atoms with Gasteiger partial charge in [-0.15, -0.1) is 0 Å². The van der Waals surface area contributed by atoms with Crippen molar-refractivity contribution in [3.8, 4) is 0 Å². The van der Waals surface area contributed by atoms with Crippen LogP contribution in [0.2, 0.25) is 0 Å². The van der Waals surface area contributed by atoms with Gasteiger partial charge >= 0.3 is 0 Å². The first-order chi connectivity index (χ1) is 12.9. The molecule has 1 N–H and O–H groups in total. The molecule has 5 nitrogen and oxygen atoms in total. The Morgan fingerprint density at radius 3 is 2.70 bits per heavy atom. The first-order valence-corrected chi connectivity index (χ1v) is 11.5. The van der Waals surface area contributed by atoms with Gasteiger partial charge in [-0.25, -0.2) is 17.5 Å². The fourth-order valence-electron chi connectivity index (χ4n) is 4.37. The molecule has 1 aliphatic carbocycles. The lowest BCUT2D eigenvalue weighted by molar-refractivity contribution is -0.118. The number of rotatable bonds is 5. The van der Waals surface area contributed by atoms with E-state index in [-0.39, 0.29) is 22.7 Å². The topological polar surface area (TPSA) is 58.6 Å². The number of hydrogen-bond acceptors (Lipinski definition) is 4. The molecule has 1 spiro atoms. The summed E-state index contributed by atoms with van der Waals surface area (Å²) in [4.78, 5) is 2.34. The number of ether oxygens (including phenoxy) is 1. The van der Waals surface area contributed by atoms with Crippen molar-refractivity contribution < 1.29 is 17.5 Å². The maximum atomic E-state index is 13.8. The zero-order valence-corrected chi connectivity index (χ0v) is 16.7. The van der Waals surface area contributed by atoms with E-state index >= 15 is 0 Å². The van der Waals surface area contributed by atoms with Crippen molar-refractivity contribution in [3.05, 3.63) is 35.1 Å². The number of piperidine rings is 1. The monoisotopic (exact) mass is 396 g/mol. The van der Waals surface area contributed by atoms with Gasteiger partial charge in [-0.1, -0.05) is 12.1 Å². The molecule has 27 heavy (non-hydrogen) atoms. The quantitative estimate of drug-likeness (QED) is 0.831. The van der Waals surface area contributed by atoms with Crippen LogP contribution >= 0.6 is 0 Å². The largest absolute Gasteiger partial charge is 0.375 e. The molecule has 7 heteroatoms. The molecule has 0 amide bonds. The predicted molar refractivity (Wildman–Crippen MR) is 102 cm³/mol. The Morgan fingerprint density at radius 2 is 2.00 bits per heavy atom. The average Bonchev–Trinajstić information content (AvgIpc) is 3.47. The normalized spacial score (nSPS) is 26.4. The molecule has 1 saturated carbocycles. The molecule has 2 saturated heterocycles. The van der Waals surface area contributed by atoms with Gasteiger partial charge in [0.05, 0.1) is 10.9 Å². The van der Waals surface area contributed by atoms with Crippen LogP contribution in [0.15, 0.2) is 18.2 Å². The lowest BCUT2D eigenvalue weighted by Crippen LogP contribution is -2.53. The molecular weight excluding hydrogens is 367 g/mol. The Labute approximate surface area is 161 Å². The SMILES string of the molecule is Cc1c(F)cccc1CN1CCC2(CC1)C[C@@H](NS(=O)(=O)C1CC1)CCO2. The minimum absolute atomic E-state index is 0.0126. The highest BCUT2D eigenvalue weighted by molar-refractivity contribution is 7.90. The highest BCUT2D eigenvalue weighted by Crippen LogP contribution is 2.37. The van der Waals surface area contributed by atoms with Crippen LogP contribution in [0.3, 0.4) is 0 Å². The summed E-state index contributed by atoms with van der Waals surface area (Å²) >= 11 is 0. The van der Waals surface area contributed by atoms with E-state index in [4.69, 9.17) is 4.74 Å². The third kappa shape index (κ3) is 4.36. The number of sulfonamides is 1. The second-order valence-corrected chi connectivity index (χ2v) is 10.4. The number of nitrogens with zero attached hydrogens (tertiary/aromatic N) is 1. The van der Waals surface area contributed by atoms with E-state index < -0.39 is 10.0 Å². The third-order valence-electron chi connectivity index (χ3n) is 6.33. The van der Waals surface area contributed by atoms with Crippen LogP contribution in [0.25, 0.3) is 0 Å². The minimum atomic E-state index is -3.15. The Morgan fingerprint density at radius 1 is 1.26 bits per heavy atom. The fourth-order valence-corrected chi connectivity index (χ4v) is 5.98. The van der Waals surface area contributed by atoms with Crippen LogP contribution in [0.1, 0.15) is 49.7 Å². The average molecular weight is 397 g/mol. The number of halogens is 1. The maximum absolute atomic E-state index is 13.8. The Bertz CT molecular complexity index is 786. The zero-order valence-electron chi connectivity index (χ0n) is 15.9. The summed E-state index contributed by atoms with van der Waals surface area (Å²) in [6.07, 6.45) is 4.87. The minimum Gasteiger partial charge on any atom is -0.375 e. The van der Waals surface area contributed by atoms with Gasteiger partial charge < -0.3 is 4.74 Å². The van der Waals surface area contributed by atoms with Gasteiger partial charge in [-0.2, -0.15) is 0 Å². The molecule has 3 fully saturated rings. The molecular formula is C20H29FN2O3S. The molecule has 1 aromatic rings. The van der Waals surface area contributed by atoms with Crippen LogP contribution in [-0.4, -0.2) is 49.9 Å². The Hall–Kier alpha value is -1.02. The van der Waals surface area contributed by atoms with Gasteiger partial charge in [0, 0.05) is 32.3 Å². The van der Waals surface area contributed by atoms with E-state index in [0.29, 0.717) is 6.61 Å². The molecule has 0 unspecified atom stereocenters. The van der Waals surface area contributed by atoms with E-state index in [2.05, 4.69) is 9.62 Å². The van der Waals surface area contributed by atoms with Crippen molar-refractivity contribution in [1.29, 1.82) is 0 Å². The van der Waals surface area contributed by atoms with E-state index in [9.17, 15) is 12.8 Å². The van der Waals surface area contributed by atoms with E-state index in [1.165, 1.54) is 6.07 Å². The summed E-state index contributed by atoms with van der Waals surface area (Å²) in [7, 11) is -3.15. The summed E-state index contributed by atoms with van der Waals surface area (Å²) in [5.41, 5.74) is 1.54. The Kier molecular flexibility index (Phi) is 5.31. The van der Waals surface area contributed by atoms with Crippen LogP contribution in [0.4, 0.5) is 4.39 Å². The number of benzene rings is 1. The summed E-state index contributed by atoms with van der Waals surface area (Å²) < 4.78 is 47.4. The fraction of sp³-hybridized carbons (Fsp3) is 0.700. The molecule has 2 aliphatic heterocycles. The van der Waals surface area contributed by atoms with Crippen LogP contribution in [-0.2, 0) is 21.3 Å². The second-order valence-electron chi connectivity index (χ2n) is 8.38. The molecule has 2 heterocycles. The van der Waals surface area contributed by atoms with Crippen molar-refractivity contribution in [2.24, 2.45) is 0 Å². The predicted octanol–water partition coefficient (Wildman–Crippen LogP) is 2.73. The summed E-state index contributed by atoms with van der Waals surface area (Å²) in [6.45, 7) is 4.96. The molecule has 4 rings (SSSR count).